The molecule has 2 amide bonds. The van der Waals surface area contributed by atoms with Gasteiger partial charge in [0.25, 0.3) is 0 Å². The lowest BCUT2D eigenvalue weighted by Crippen LogP contribution is -2.56. The first-order valence-corrected chi connectivity index (χ1v) is 7.77. The summed E-state index contributed by atoms with van der Waals surface area (Å²) in [5.41, 5.74) is 0.687. The summed E-state index contributed by atoms with van der Waals surface area (Å²) in [6.07, 6.45) is -1.15. The summed E-state index contributed by atoms with van der Waals surface area (Å²) in [6, 6.07) is 0. The molecule has 1 fully saturated rings. The average Bonchev–Trinajstić information content (AvgIpc) is 2.99. The third kappa shape index (κ3) is 5.36. The second-order valence-corrected chi connectivity index (χ2v) is 5.63. The summed E-state index contributed by atoms with van der Waals surface area (Å²) >= 11 is 0. The molecule has 1 aromatic rings. The molecule has 0 saturated carbocycles. The second kappa shape index (κ2) is 8.06. The molecule has 1 aliphatic rings. The van der Waals surface area contributed by atoms with Crippen LogP contribution < -0.4 is 15.5 Å². The first kappa shape index (κ1) is 19.5. The van der Waals surface area contributed by atoms with Crippen LogP contribution in [0.3, 0.4) is 0 Å². The number of aromatic nitrogens is 2. The van der Waals surface area contributed by atoms with Crippen molar-refractivity contribution >= 4 is 23.5 Å². The van der Waals surface area contributed by atoms with Crippen LogP contribution in [0.15, 0.2) is 17.4 Å². The standard InChI is InChI=1S/C14H20F3N7O2/c1-18-13(19-6-11(25)20-9-14(15,16)17)23-3-4-24(12(26)8-23)10-5-21-22(2)7-10/h5,7H,3-4,6,8-9H2,1-2H3,(H,18,19)(H,20,25). The van der Waals surface area contributed by atoms with Gasteiger partial charge in [-0.05, 0) is 0 Å². The molecule has 0 radical (unpaired) electrons. The Morgan fingerprint density at radius 1 is 1.35 bits per heavy atom. The quantitative estimate of drug-likeness (QED) is 0.537. The molecule has 0 spiro atoms. The van der Waals surface area contributed by atoms with Gasteiger partial charge in [-0.25, -0.2) is 0 Å². The molecule has 2 heterocycles. The number of amides is 2. The maximum Gasteiger partial charge on any atom is 0.405 e. The number of aryl methyl sites for hydroxylation is 1. The molecule has 0 aromatic carbocycles. The number of nitrogens with zero attached hydrogens (tertiary/aromatic N) is 5. The first-order valence-electron chi connectivity index (χ1n) is 7.77. The normalized spacial score (nSPS) is 16.0. The van der Waals surface area contributed by atoms with Gasteiger partial charge in [0, 0.05) is 33.4 Å². The maximum absolute atomic E-state index is 12.3. The Morgan fingerprint density at radius 3 is 2.62 bits per heavy atom. The van der Waals surface area contributed by atoms with Crippen molar-refractivity contribution in [1.29, 1.82) is 0 Å². The molecule has 12 heteroatoms. The molecule has 0 aliphatic carbocycles. The van der Waals surface area contributed by atoms with Gasteiger partial charge in [0.15, 0.2) is 5.96 Å². The van der Waals surface area contributed by atoms with Crippen LogP contribution in [0.25, 0.3) is 0 Å². The van der Waals surface area contributed by atoms with E-state index in [4.69, 9.17) is 0 Å². The first-order chi connectivity index (χ1) is 12.2. The SMILES string of the molecule is CN=C(NCC(=O)NCC(F)(F)F)N1CCN(c2cnn(C)c2)C(=O)C1. The minimum absolute atomic E-state index is 0.0265. The molecule has 2 rings (SSSR count). The third-order valence-corrected chi connectivity index (χ3v) is 3.63. The molecule has 0 atom stereocenters. The van der Waals surface area contributed by atoms with E-state index in [0.717, 1.165) is 0 Å². The number of nitrogens with one attached hydrogen (secondary N) is 2. The van der Waals surface area contributed by atoms with Crippen molar-refractivity contribution in [2.45, 2.75) is 6.18 Å². The molecule has 1 saturated heterocycles. The van der Waals surface area contributed by atoms with Crippen LogP contribution in [-0.2, 0) is 16.6 Å². The zero-order valence-corrected chi connectivity index (χ0v) is 14.4. The summed E-state index contributed by atoms with van der Waals surface area (Å²) in [4.78, 5) is 31.0. The number of anilines is 1. The molecule has 1 aliphatic heterocycles. The van der Waals surface area contributed by atoms with Crippen molar-refractivity contribution in [1.82, 2.24) is 25.3 Å². The summed E-state index contributed by atoms with van der Waals surface area (Å²) in [7, 11) is 3.22. The number of carbonyl (C=O) groups is 2. The summed E-state index contributed by atoms with van der Waals surface area (Å²) in [5.74, 6) is -0.719. The van der Waals surface area contributed by atoms with Crippen LogP contribution >= 0.6 is 0 Å². The number of halogens is 3. The van der Waals surface area contributed by atoms with Gasteiger partial charge in [-0.2, -0.15) is 18.3 Å². The van der Waals surface area contributed by atoms with E-state index in [-0.39, 0.29) is 25.0 Å². The van der Waals surface area contributed by atoms with Gasteiger partial charge in [-0.1, -0.05) is 0 Å². The fourth-order valence-electron chi connectivity index (χ4n) is 2.43. The fraction of sp³-hybridized carbons (Fsp3) is 0.571. The number of piperazine rings is 1. The number of guanidine groups is 1. The Hall–Kier alpha value is -2.79. The topological polar surface area (TPSA) is 94.9 Å². The Bertz CT molecular complexity index is 686. The number of alkyl halides is 3. The van der Waals surface area contributed by atoms with Crippen molar-refractivity contribution in [2.24, 2.45) is 12.0 Å². The summed E-state index contributed by atoms with van der Waals surface area (Å²) in [6.45, 7) is -0.900. The lowest BCUT2D eigenvalue weighted by atomic mass is 10.3. The number of aliphatic imine (C=N–C) groups is 1. The number of carbonyl (C=O) groups excluding carboxylic acids is 2. The Labute approximate surface area is 147 Å². The maximum atomic E-state index is 12.3. The van der Waals surface area contributed by atoms with Gasteiger partial charge >= 0.3 is 6.18 Å². The summed E-state index contributed by atoms with van der Waals surface area (Å²) < 4.78 is 37.8. The highest BCUT2D eigenvalue weighted by Gasteiger charge is 2.29. The molecule has 2 N–H and O–H groups in total. The van der Waals surface area contributed by atoms with Crippen LogP contribution in [-0.4, -0.2) is 78.4 Å². The minimum Gasteiger partial charge on any atom is -0.347 e. The van der Waals surface area contributed by atoms with E-state index in [1.165, 1.54) is 7.05 Å². The monoisotopic (exact) mass is 375 g/mol. The number of hydrogen-bond acceptors (Lipinski definition) is 4. The molecular weight excluding hydrogens is 355 g/mol. The van der Waals surface area contributed by atoms with Gasteiger partial charge in [0.1, 0.15) is 13.1 Å². The largest absolute Gasteiger partial charge is 0.405 e. The molecule has 26 heavy (non-hydrogen) atoms. The van der Waals surface area contributed by atoms with Crippen molar-refractivity contribution in [3.05, 3.63) is 12.4 Å². The van der Waals surface area contributed by atoms with E-state index in [2.05, 4.69) is 15.4 Å². The molecule has 144 valence electrons. The predicted molar refractivity (Wildman–Crippen MR) is 87.6 cm³/mol. The highest BCUT2D eigenvalue weighted by molar-refractivity contribution is 5.98. The van der Waals surface area contributed by atoms with E-state index < -0.39 is 18.6 Å². The van der Waals surface area contributed by atoms with Gasteiger partial charge in [-0.15, -0.1) is 0 Å². The van der Waals surface area contributed by atoms with E-state index in [1.54, 1.807) is 39.2 Å². The zero-order valence-electron chi connectivity index (χ0n) is 14.4. The van der Waals surface area contributed by atoms with Crippen molar-refractivity contribution in [2.75, 3.05) is 44.7 Å². The van der Waals surface area contributed by atoms with Crippen LogP contribution in [0, 0.1) is 0 Å². The van der Waals surface area contributed by atoms with E-state index in [9.17, 15) is 22.8 Å². The van der Waals surface area contributed by atoms with Crippen molar-refractivity contribution < 1.29 is 22.8 Å². The van der Waals surface area contributed by atoms with Gasteiger partial charge in [0.05, 0.1) is 18.4 Å². The molecule has 1 aromatic heterocycles. The van der Waals surface area contributed by atoms with Crippen LogP contribution in [0.1, 0.15) is 0 Å². The lowest BCUT2D eigenvalue weighted by Gasteiger charge is -2.35. The fourth-order valence-corrected chi connectivity index (χ4v) is 2.43. The van der Waals surface area contributed by atoms with Gasteiger partial charge in [-0.3, -0.25) is 19.3 Å². The van der Waals surface area contributed by atoms with E-state index in [1.807, 2.05) is 0 Å². The smallest absolute Gasteiger partial charge is 0.347 e. The van der Waals surface area contributed by atoms with Gasteiger partial charge in [0.2, 0.25) is 11.8 Å². The predicted octanol–water partition coefficient (Wildman–Crippen LogP) is -0.677. The lowest BCUT2D eigenvalue weighted by molar-refractivity contribution is -0.137. The number of hydrogen-bond donors (Lipinski definition) is 2. The number of rotatable bonds is 4. The minimum atomic E-state index is -4.47. The van der Waals surface area contributed by atoms with E-state index >= 15 is 0 Å². The highest BCUT2D eigenvalue weighted by atomic mass is 19.4. The average molecular weight is 375 g/mol. The van der Waals surface area contributed by atoms with Gasteiger partial charge < -0.3 is 20.4 Å². The molecule has 0 bridgehead atoms. The second-order valence-electron chi connectivity index (χ2n) is 5.63. The van der Waals surface area contributed by atoms with Crippen LogP contribution in [0.5, 0.6) is 0 Å². The Morgan fingerprint density at radius 2 is 2.08 bits per heavy atom. The van der Waals surface area contributed by atoms with Crippen LogP contribution in [0.4, 0.5) is 18.9 Å². The molecule has 9 nitrogen and oxygen atoms in total. The Kier molecular flexibility index (Phi) is 6.05. The van der Waals surface area contributed by atoms with Crippen molar-refractivity contribution in [3.8, 4) is 0 Å². The Balaban J connectivity index is 1.86. The highest BCUT2D eigenvalue weighted by Crippen LogP contribution is 2.16. The third-order valence-electron chi connectivity index (χ3n) is 3.63. The van der Waals surface area contributed by atoms with E-state index in [0.29, 0.717) is 18.8 Å². The van der Waals surface area contributed by atoms with Crippen LogP contribution in [0.2, 0.25) is 0 Å². The van der Waals surface area contributed by atoms with Crippen molar-refractivity contribution in [3.63, 3.8) is 0 Å². The molecular formula is C14H20F3N7O2. The molecule has 0 unspecified atom stereocenters. The summed E-state index contributed by atoms with van der Waals surface area (Å²) in [5, 5.41) is 8.45. The zero-order chi connectivity index (χ0) is 19.3.